The molecule has 0 aliphatic carbocycles. The van der Waals surface area contributed by atoms with Crippen LogP contribution in [0.15, 0.2) is 15.3 Å². The molecule has 0 aliphatic heterocycles. The standard InChI is InChI=1S/C8H10Br2FNSi/c1-13(2,3)5-4-6(9)12-8(10)7(5)11/h4H,1-3H3. The lowest BCUT2D eigenvalue weighted by molar-refractivity contribution is 0.619. The quantitative estimate of drug-likeness (QED) is 0.570. The lowest BCUT2D eigenvalue weighted by Crippen LogP contribution is -2.40. The summed E-state index contributed by atoms with van der Waals surface area (Å²) in [5, 5.41) is 0.793. The third-order valence-electron chi connectivity index (χ3n) is 1.69. The minimum absolute atomic E-state index is 0.220. The van der Waals surface area contributed by atoms with Crippen LogP contribution in [0.2, 0.25) is 19.6 Å². The number of halogens is 3. The van der Waals surface area contributed by atoms with Crippen LogP contribution in [-0.4, -0.2) is 13.1 Å². The van der Waals surface area contributed by atoms with E-state index >= 15 is 0 Å². The van der Waals surface area contributed by atoms with Gasteiger partial charge in [0.2, 0.25) is 0 Å². The molecule has 1 nitrogen and oxygen atoms in total. The number of hydrogen-bond acceptors (Lipinski definition) is 1. The molecule has 1 heterocycles. The molecule has 0 atom stereocenters. The van der Waals surface area contributed by atoms with Crippen molar-refractivity contribution in [3.63, 3.8) is 0 Å². The zero-order valence-corrected chi connectivity index (χ0v) is 11.8. The van der Waals surface area contributed by atoms with Crippen molar-refractivity contribution in [2.75, 3.05) is 0 Å². The second kappa shape index (κ2) is 3.79. The Morgan fingerprint density at radius 3 is 2.31 bits per heavy atom. The summed E-state index contributed by atoms with van der Waals surface area (Å²) in [5.41, 5.74) is 0. The van der Waals surface area contributed by atoms with Crippen molar-refractivity contribution in [3.05, 3.63) is 21.1 Å². The molecule has 0 amide bonds. The summed E-state index contributed by atoms with van der Waals surface area (Å²) < 4.78 is 14.6. The minimum atomic E-state index is -1.62. The first kappa shape index (κ1) is 11.3. The van der Waals surface area contributed by atoms with E-state index in [1.807, 2.05) is 0 Å². The fraction of sp³-hybridized carbons (Fsp3) is 0.375. The van der Waals surface area contributed by atoms with Crippen molar-refractivity contribution < 1.29 is 4.39 Å². The molecular weight excluding hydrogens is 317 g/mol. The third kappa shape index (κ3) is 2.60. The highest BCUT2D eigenvalue weighted by Gasteiger charge is 2.23. The molecule has 1 aromatic rings. The average Bonchev–Trinajstić information content (AvgIpc) is 1.94. The van der Waals surface area contributed by atoms with Crippen LogP contribution in [0.4, 0.5) is 4.39 Å². The van der Waals surface area contributed by atoms with Crippen LogP contribution in [0.3, 0.4) is 0 Å². The summed E-state index contributed by atoms with van der Waals surface area (Å²) in [6.45, 7) is 6.30. The zero-order valence-electron chi connectivity index (χ0n) is 7.66. The zero-order chi connectivity index (χ0) is 10.2. The Morgan fingerprint density at radius 2 is 1.85 bits per heavy atom. The van der Waals surface area contributed by atoms with Crippen molar-refractivity contribution in [1.29, 1.82) is 0 Å². The molecule has 0 unspecified atom stereocenters. The third-order valence-corrected chi connectivity index (χ3v) is 4.61. The van der Waals surface area contributed by atoms with Crippen LogP contribution in [0, 0.1) is 5.82 Å². The van der Waals surface area contributed by atoms with Gasteiger partial charge in [-0.25, -0.2) is 9.37 Å². The van der Waals surface area contributed by atoms with E-state index < -0.39 is 8.07 Å². The van der Waals surface area contributed by atoms with Crippen LogP contribution in [-0.2, 0) is 0 Å². The summed E-state index contributed by atoms with van der Waals surface area (Å²) >= 11 is 6.35. The largest absolute Gasteiger partial charge is 0.231 e. The summed E-state index contributed by atoms with van der Waals surface area (Å²) in [5.74, 6) is -0.220. The molecule has 0 radical (unpaired) electrons. The van der Waals surface area contributed by atoms with E-state index in [4.69, 9.17) is 0 Å². The van der Waals surface area contributed by atoms with Crippen LogP contribution < -0.4 is 5.19 Å². The smallest absolute Gasteiger partial charge is 0.155 e. The van der Waals surface area contributed by atoms with Gasteiger partial charge in [-0.1, -0.05) is 19.6 Å². The van der Waals surface area contributed by atoms with Gasteiger partial charge in [-0.05, 0) is 43.1 Å². The van der Waals surface area contributed by atoms with Crippen molar-refractivity contribution in [1.82, 2.24) is 4.98 Å². The summed E-state index contributed by atoms with van der Waals surface area (Å²) in [7, 11) is -1.62. The topological polar surface area (TPSA) is 12.9 Å². The molecule has 0 bridgehead atoms. The average molecular weight is 327 g/mol. The predicted molar refractivity (Wildman–Crippen MR) is 62.6 cm³/mol. The number of aromatic nitrogens is 1. The SMILES string of the molecule is C[Si](C)(C)c1cc(Br)nc(Br)c1F. The van der Waals surface area contributed by atoms with Crippen molar-refractivity contribution in [2.45, 2.75) is 19.6 Å². The normalized spacial score (nSPS) is 11.8. The van der Waals surface area contributed by atoms with Crippen molar-refractivity contribution in [2.24, 2.45) is 0 Å². The predicted octanol–water partition coefficient (Wildman–Crippen LogP) is 3.29. The van der Waals surface area contributed by atoms with E-state index in [0.29, 0.717) is 9.21 Å². The molecule has 13 heavy (non-hydrogen) atoms. The van der Waals surface area contributed by atoms with Crippen LogP contribution in [0.5, 0.6) is 0 Å². The van der Waals surface area contributed by atoms with E-state index in [-0.39, 0.29) is 5.82 Å². The van der Waals surface area contributed by atoms with Gasteiger partial charge >= 0.3 is 0 Å². The van der Waals surface area contributed by atoms with E-state index in [1.165, 1.54) is 0 Å². The fourth-order valence-electron chi connectivity index (χ4n) is 1.01. The highest BCUT2D eigenvalue weighted by atomic mass is 79.9. The molecule has 0 N–H and O–H groups in total. The first-order valence-electron chi connectivity index (χ1n) is 3.84. The van der Waals surface area contributed by atoms with Gasteiger partial charge in [0.05, 0.1) is 8.07 Å². The summed E-state index contributed by atoms with van der Waals surface area (Å²) in [6, 6.07) is 1.77. The molecule has 0 saturated heterocycles. The summed E-state index contributed by atoms with van der Waals surface area (Å²) in [4.78, 5) is 3.93. The van der Waals surface area contributed by atoms with Gasteiger partial charge in [-0.2, -0.15) is 0 Å². The van der Waals surface area contributed by atoms with Crippen LogP contribution in [0.1, 0.15) is 0 Å². The Hall–Kier alpha value is 0.257. The highest BCUT2D eigenvalue weighted by Crippen LogP contribution is 2.17. The molecule has 0 spiro atoms. The van der Waals surface area contributed by atoms with E-state index in [1.54, 1.807) is 6.07 Å². The Kier molecular flexibility index (Phi) is 3.30. The first-order valence-corrected chi connectivity index (χ1v) is 8.93. The number of hydrogen-bond donors (Lipinski definition) is 0. The monoisotopic (exact) mass is 325 g/mol. The van der Waals surface area contributed by atoms with Gasteiger partial charge in [0.15, 0.2) is 5.82 Å². The van der Waals surface area contributed by atoms with Gasteiger partial charge < -0.3 is 0 Å². The summed E-state index contributed by atoms with van der Waals surface area (Å²) in [6.07, 6.45) is 0. The molecule has 72 valence electrons. The molecule has 0 fully saturated rings. The molecule has 5 heteroatoms. The lowest BCUT2D eigenvalue weighted by atomic mass is 10.5. The van der Waals surface area contributed by atoms with Gasteiger partial charge in [0.25, 0.3) is 0 Å². The molecule has 1 aromatic heterocycles. The minimum Gasteiger partial charge on any atom is -0.231 e. The number of nitrogens with zero attached hydrogens (tertiary/aromatic N) is 1. The molecule has 0 aromatic carbocycles. The first-order chi connectivity index (χ1) is 5.82. The number of pyridine rings is 1. The van der Waals surface area contributed by atoms with E-state index in [9.17, 15) is 4.39 Å². The highest BCUT2D eigenvalue weighted by molar-refractivity contribution is 9.11. The van der Waals surface area contributed by atoms with Gasteiger partial charge in [-0.15, -0.1) is 0 Å². The maximum absolute atomic E-state index is 13.6. The Bertz CT molecular complexity index is 336. The number of rotatable bonds is 1. The Morgan fingerprint density at radius 1 is 1.31 bits per heavy atom. The fourth-order valence-corrected chi connectivity index (χ4v) is 3.80. The molecule has 0 aliphatic rings. The van der Waals surface area contributed by atoms with Gasteiger partial charge in [0.1, 0.15) is 9.21 Å². The second-order valence-corrected chi connectivity index (χ2v) is 10.4. The molecule has 0 saturated carbocycles. The molecule has 1 rings (SSSR count). The van der Waals surface area contributed by atoms with Gasteiger partial charge in [0, 0.05) is 0 Å². The van der Waals surface area contributed by atoms with Gasteiger partial charge in [-0.3, -0.25) is 0 Å². The van der Waals surface area contributed by atoms with Crippen LogP contribution >= 0.6 is 31.9 Å². The maximum Gasteiger partial charge on any atom is 0.155 e. The maximum atomic E-state index is 13.6. The van der Waals surface area contributed by atoms with Crippen LogP contribution in [0.25, 0.3) is 0 Å². The van der Waals surface area contributed by atoms with Crippen molar-refractivity contribution in [3.8, 4) is 0 Å². The van der Waals surface area contributed by atoms with E-state index in [0.717, 1.165) is 5.19 Å². The second-order valence-electron chi connectivity index (χ2n) is 3.85. The van der Waals surface area contributed by atoms with E-state index in [2.05, 4.69) is 56.5 Å². The molecular formula is C8H10Br2FNSi. The lowest BCUT2D eigenvalue weighted by Gasteiger charge is -2.17. The van der Waals surface area contributed by atoms with Crippen molar-refractivity contribution >= 4 is 45.1 Å². The Balaban J connectivity index is 3.37. The Labute approximate surface area is 95.0 Å².